The second-order valence-corrected chi connectivity index (χ2v) is 20.9. The molecule has 0 radical (unpaired) electrons. The molecule has 0 spiro atoms. The van der Waals surface area contributed by atoms with E-state index in [-0.39, 0.29) is 37.5 Å². The Morgan fingerprint density at radius 3 is 0.890 bits per heavy atom. The Morgan fingerprint density at radius 2 is 0.562 bits per heavy atom. The van der Waals surface area contributed by atoms with Gasteiger partial charge in [-0.25, -0.2) is 0 Å². The minimum atomic E-state index is -0.810. The molecule has 6 heteroatoms. The van der Waals surface area contributed by atoms with Crippen LogP contribution in [0.25, 0.3) is 0 Å². The highest BCUT2D eigenvalue weighted by Gasteiger charge is 2.19. The highest BCUT2D eigenvalue weighted by molar-refractivity contribution is 5.71. The quantitative estimate of drug-likeness (QED) is 0.0261. The predicted octanol–water partition coefficient (Wildman–Crippen LogP) is 21.3. The lowest BCUT2D eigenvalue weighted by Crippen LogP contribution is -2.30. The number of rotatable bonds is 57. The van der Waals surface area contributed by atoms with E-state index in [4.69, 9.17) is 14.2 Å². The van der Waals surface area contributed by atoms with E-state index >= 15 is 0 Å². The van der Waals surface area contributed by atoms with Crippen LogP contribution < -0.4 is 0 Å². The van der Waals surface area contributed by atoms with E-state index in [0.717, 1.165) is 70.6 Å². The molecule has 0 heterocycles. The van der Waals surface area contributed by atoms with Gasteiger partial charge in [-0.1, -0.05) is 293 Å². The number of carbonyl (C=O) groups is 3. The molecule has 0 rings (SSSR count). The second kappa shape index (κ2) is 61.4. The van der Waals surface area contributed by atoms with E-state index in [9.17, 15) is 14.4 Å². The van der Waals surface area contributed by atoms with Crippen molar-refractivity contribution in [2.24, 2.45) is 0 Å². The van der Waals surface area contributed by atoms with Gasteiger partial charge in [0, 0.05) is 19.3 Å². The van der Waals surface area contributed by atoms with Crippen LogP contribution in [0.15, 0.2) is 72.9 Å². The van der Waals surface area contributed by atoms with Crippen LogP contribution in [0.5, 0.6) is 0 Å². The SMILES string of the molecule is CC/C=C\C/C=C\C/C=C\C/C=C\CCC(=O)OC(COC(=O)CCCCCCCCCCCCC)COC(=O)CCCCCCCCCCCCCCCCCCCCC/C=C\C/C=C\CCCCCCC. The van der Waals surface area contributed by atoms with Gasteiger partial charge in [0.05, 0.1) is 0 Å². The molecular formula is C67H118O6. The van der Waals surface area contributed by atoms with Crippen molar-refractivity contribution in [3.63, 3.8) is 0 Å². The van der Waals surface area contributed by atoms with Crippen molar-refractivity contribution in [3.8, 4) is 0 Å². The van der Waals surface area contributed by atoms with Crippen LogP contribution >= 0.6 is 0 Å². The van der Waals surface area contributed by atoms with Gasteiger partial charge in [-0.15, -0.1) is 0 Å². The first kappa shape index (κ1) is 69.8. The average molecular weight is 1020 g/mol. The smallest absolute Gasteiger partial charge is 0.306 e. The topological polar surface area (TPSA) is 78.9 Å². The van der Waals surface area contributed by atoms with Crippen LogP contribution in [0.1, 0.15) is 316 Å². The molecule has 1 atom stereocenters. The molecule has 0 saturated heterocycles. The molecule has 73 heavy (non-hydrogen) atoms. The van der Waals surface area contributed by atoms with E-state index in [1.54, 1.807) is 0 Å². The monoisotopic (exact) mass is 1020 g/mol. The van der Waals surface area contributed by atoms with Crippen molar-refractivity contribution in [3.05, 3.63) is 72.9 Å². The number of esters is 3. The highest BCUT2D eigenvalue weighted by atomic mass is 16.6. The zero-order valence-electron chi connectivity index (χ0n) is 48.4. The first-order valence-corrected chi connectivity index (χ1v) is 31.4. The first-order valence-electron chi connectivity index (χ1n) is 31.4. The van der Waals surface area contributed by atoms with Crippen LogP contribution in [0.3, 0.4) is 0 Å². The van der Waals surface area contributed by atoms with Crippen molar-refractivity contribution < 1.29 is 28.6 Å². The second-order valence-electron chi connectivity index (χ2n) is 20.9. The Labute approximate surface area is 453 Å². The summed E-state index contributed by atoms with van der Waals surface area (Å²) in [5.74, 6) is -0.971. The van der Waals surface area contributed by atoms with Gasteiger partial charge in [0.1, 0.15) is 13.2 Å². The molecule has 0 amide bonds. The summed E-state index contributed by atoms with van der Waals surface area (Å²) < 4.78 is 16.8. The molecular weight excluding hydrogens is 901 g/mol. The van der Waals surface area contributed by atoms with Gasteiger partial charge in [-0.3, -0.25) is 14.4 Å². The van der Waals surface area contributed by atoms with E-state index in [1.807, 2.05) is 6.08 Å². The first-order chi connectivity index (χ1) is 36.0. The number of hydrogen-bond acceptors (Lipinski definition) is 6. The minimum Gasteiger partial charge on any atom is -0.462 e. The van der Waals surface area contributed by atoms with Crippen molar-refractivity contribution in [1.29, 1.82) is 0 Å². The summed E-state index contributed by atoms with van der Waals surface area (Å²) in [6, 6.07) is 0. The number of hydrogen-bond donors (Lipinski definition) is 0. The van der Waals surface area contributed by atoms with Crippen LogP contribution in [-0.2, 0) is 28.6 Å². The minimum absolute atomic E-state index is 0.100. The molecule has 0 bridgehead atoms. The van der Waals surface area contributed by atoms with Crippen LogP contribution in [-0.4, -0.2) is 37.2 Å². The molecule has 0 fully saturated rings. The maximum atomic E-state index is 12.8. The summed E-state index contributed by atoms with van der Waals surface area (Å²) in [7, 11) is 0. The van der Waals surface area contributed by atoms with Gasteiger partial charge in [0.2, 0.25) is 0 Å². The molecule has 6 nitrogen and oxygen atoms in total. The maximum Gasteiger partial charge on any atom is 0.306 e. The van der Waals surface area contributed by atoms with Crippen LogP contribution in [0, 0.1) is 0 Å². The number of unbranched alkanes of at least 4 members (excludes halogenated alkanes) is 34. The number of carbonyl (C=O) groups excluding carboxylic acids is 3. The van der Waals surface area contributed by atoms with Gasteiger partial charge in [0.25, 0.3) is 0 Å². The van der Waals surface area contributed by atoms with Crippen molar-refractivity contribution in [2.45, 2.75) is 322 Å². The molecule has 0 aliphatic carbocycles. The third-order valence-electron chi connectivity index (χ3n) is 13.7. The van der Waals surface area contributed by atoms with Gasteiger partial charge in [-0.2, -0.15) is 0 Å². The molecule has 0 aromatic heterocycles. The molecule has 0 aromatic rings. The Morgan fingerprint density at radius 1 is 0.288 bits per heavy atom. The molecule has 0 aromatic carbocycles. The Bertz CT molecular complexity index is 1360. The Kier molecular flexibility index (Phi) is 58.7. The lowest BCUT2D eigenvalue weighted by atomic mass is 10.0. The molecule has 0 N–H and O–H groups in total. The highest BCUT2D eigenvalue weighted by Crippen LogP contribution is 2.17. The maximum absolute atomic E-state index is 12.8. The van der Waals surface area contributed by atoms with E-state index in [2.05, 4.69) is 87.6 Å². The molecule has 422 valence electrons. The van der Waals surface area contributed by atoms with E-state index in [0.29, 0.717) is 19.3 Å². The third-order valence-corrected chi connectivity index (χ3v) is 13.7. The Hall–Kier alpha value is -3.15. The standard InChI is InChI=1S/C67H118O6/c1-4-7-10-13-16-19-22-24-25-26-27-28-29-30-31-32-33-34-35-36-37-38-39-40-41-43-45-48-51-54-57-60-66(69)72-63-64(62-71-65(68)59-56-53-50-47-44-21-18-15-12-9-6-3)73-67(70)61-58-55-52-49-46-42-23-20-17-14-11-8-5-2/h8,11,17,20,22,24,26-27,42,46,52,55,64H,4-7,9-10,12-16,18-19,21,23,25,28-41,43-45,47-51,53-54,56-63H2,1-3H3/b11-8-,20-17-,24-22-,27-26-,46-42-,55-52-. The molecule has 1 unspecified atom stereocenters. The van der Waals surface area contributed by atoms with Gasteiger partial charge in [0.15, 0.2) is 6.10 Å². The lowest BCUT2D eigenvalue weighted by molar-refractivity contribution is -0.166. The summed E-state index contributed by atoms with van der Waals surface area (Å²) in [6.07, 6.45) is 79.5. The molecule has 0 aliphatic rings. The van der Waals surface area contributed by atoms with Crippen molar-refractivity contribution >= 4 is 17.9 Å². The summed E-state index contributed by atoms with van der Waals surface area (Å²) in [5.41, 5.74) is 0. The van der Waals surface area contributed by atoms with Gasteiger partial charge >= 0.3 is 17.9 Å². The largest absolute Gasteiger partial charge is 0.462 e. The summed E-state index contributed by atoms with van der Waals surface area (Å²) in [4.78, 5) is 38.1. The van der Waals surface area contributed by atoms with Crippen molar-refractivity contribution in [1.82, 2.24) is 0 Å². The number of ether oxygens (including phenoxy) is 3. The lowest BCUT2D eigenvalue weighted by Gasteiger charge is -2.18. The fourth-order valence-electron chi connectivity index (χ4n) is 9.02. The van der Waals surface area contributed by atoms with Gasteiger partial charge in [-0.05, 0) is 77.0 Å². The molecule has 0 aliphatic heterocycles. The fourth-order valence-corrected chi connectivity index (χ4v) is 9.02. The summed E-state index contributed by atoms with van der Waals surface area (Å²) in [5, 5.41) is 0. The van der Waals surface area contributed by atoms with Crippen LogP contribution in [0.2, 0.25) is 0 Å². The van der Waals surface area contributed by atoms with Gasteiger partial charge < -0.3 is 14.2 Å². The normalized spacial score (nSPS) is 12.5. The van der Waals surface area contributed by atoms with E-state index < -0.39 is 6.10 Å². The predicted molar refractivity (Wildman–Crippen MR) is 316 cm³/mol. The zero-order chi connectivity index (χ0) is 52.9. The average Bonchev–Trinajstić information content (AvgIpc) is 3.39. The summed E-state index contributed by atoms with van der Waals surface area (Å²) in [6.45, 7) is 6.47. The molecule has 0 saturated carbocycles. The Balaban J connectivity index is 4.12. The zero-order valence-corrected chi connectivity index (χ0v) is 48.4. The summed E-state index contributed by atoms with van der Waals surface area (Å²) >= 11 is 0. The van der Waals surface area contributed by atoms with E-state index in [1.165, 1.54) is 199 Å². The van der Waals surface area contributed by atoms with Crippen molar-refractivity contribution in [2.75, 3.05) is 13.2 Å². The third kappa shape index (κ3) is 59.6. The van der Waals surface area contributed by atoms with Crippen LogP contribution in [0.4, 0.5) is 0 Å². The fraction of sp³-hybridized carbons (Fsp3) is 0.776. The number of allylic oxidation sites excluding steroid dienone is 12.